The molecule has 2 aliphatic rings. The zero-order valence-corrected chi connectivity index (χ0v) is 11.2. The number of fused-ring (bicyclic) bond motifs is 1. The van der Waals surface area contributed by atoms with Crippen LogP contribution in [-0.4, -0.2) is 6.04 Å². The summed E-state index contributed by atoms with van der Waals surface area (Å²) < 4.78 is 0.893. The molecule has 0 bridgehead atoms. The van der Waals surface area contributed by atoms with Crippen LogP contribution >= 0.6 is 22.9 Å². The van der Waals surface area contributed by atoms with Gasteiger partial charge in [-0.05, 0) is 37.3 Å². The van der Waals surface area contributed by atoms with Crippen molar-refractivity contribution in [2.45, 2.75) is 44.2 Å². The minimum Gasteiger partial charge on any atom is -0.306 e. The van der Waals surface area contributed by atoms with Crippen molar-refractivity contribution in [3.8, 4) is 6.07 Å². The first kappa shape index (κ1) is 11.5. The number of rotatable bonds is 2. The first-order valence-corrected chi connectivity index (χ1v) is 7.41. The first-order valence-electron chi connectivity index (χ1n) is 6.21. The molecule has 90 valence electrons. The molecule has 4 heteroatoms. The summed E-state index contributed by atoms with van der Waals surface area (Å²) in [5.41, 5.74) is 1.38. The Bertz CT molecular complexity index is 462. The van der Waals surface area contributed by atoms with Gasteiger partial charge in [0.1, 0.15) is 0 Å². The predicted molar refractivity (Wildman–Crippen MR) is 70.3 cm³/mol. The van der Waals surface area contributed by atoms with Gasteiger partial charge in [-0.25, -0.2) is 0 Å². The molecule has 2 nitrogen and oxygen atoms in total. The van der Waals surface area contributed by atoms with Gasteiger partial charge in [-0.15, -0.1) is 11.3 Å². The zero-order valence-electron chi connectivity index (χ0n) is 9.58. The SMILES string of the molecule is N#CC1CCCC1NC1CCc2sc(Cl)cc21. The number of halogens is 1. The number of nitrogens with one attached hydrogen (secondary N) is 1. The Morgan fingerprint density at radius 3 is 3.12 bits per heavy atom. The summed E-state index contributed by atoms with van der Waals surface area (Å²) in [6.07, 6.45) is 5.67. The van der Waals surface area contributed by atoms with Crippen LogP contribution in [0.2, 0.25) is 4.34 Å². The smallest absolute Gasteiger partial charge is 0.0934 e. The highest BCUT2D eigenvalue weighted by molar-refractivity contribution is 7.16. The molecule has 2 aliphatic carbocycles. The third-order valence-corrected chi connectivity index (χ3v) is 5.28. The lowest BCUT2D eigenvalue weighted by molar-refractivity contribution is 0.400. The van der Waals surface area contributed by atoms with E-state index in [1.54, 1.807) is 11.3 Å². The molecule has 1 heterocycles. The Hall–Kier alpha value is -0.560. The Kier molecular flexibility index (Phi) is 3.12. The molecular weight excluding hydrogens is 252 g/mol. The average Bonchev–Trinajstić information content (AvgIpc) is 2.96. The summed E-state index contributed by atoms with van der Waals surface area (Å²) in [4.78, 5) is 1.43. The molecule has 0 radical (unpaired) electrons. The van der Waals surface area contributed by atoms with E-state index in [9.17, 15) is 0 Å². The van der Waals surface area contributed by atoms with E-state index in [-0.39, 0.29) is 5.92 Å². The van der Waals surface area contributed by atoms with E-state index < -0.39 is 0 Å². The van der Waals surface area contributed by atoms with Gasteiger partial charge >= 0.3 is 0 Å². The van der Waals surface area contributed by atoms with E-state index in [1.807, 2.05) is 0 Å². The molecule has 3 rings (SSSR count). The summed E-state index contributed by atoms with van der Waals surface area (Å²) >= 11 is 7.76. The van der Waals surface area contributed by atoms with Gasteiger partial charge in [-0.2, -0.15) is 5.26 Å². The maximum Gasteiger partial charge on any atom is 0.0934 e. The lowest BCUT2D eigenvalue weighted by Crippen LogP contribution is -2.34. The van der Waals surface area contributed by atoms with Gasteiger partial charge < -0.3 is 5.32 Å². The van der Waals surface area contributed by atoms with Crippen molar-refractivity contribution in [2.24, 2.45) is 5.92 Å². The topological polar surface area (TPSA) is 35.8 Å². The van der Waals surface area contributed by atoms with Crippen molar-refractivity contribution in [3.63, 3.8) is 0 Å². The number of nitriles is 1. The van der Waals surface area contributed by atoms with Crippen LogP contribution in [0, 0.1) is 17.2 Å². The van der Waals surface area contributed by atoms with Crippen LogP contribution in [-0.2, 0) is 6.42 Å². The van der Waals surface area contributed by atoms with E-state index >= 15 is 0 Å². The van der Waals surface area contributed by atoms with E-state index in [0.29, 0.717) is 12.1 Å². The van der Waals surface area contributed by atoms with Crippen molar-refractivity contribution < 1.29 is 0 Å². The first-order chi connectivity index (χ1) is 8.28. The van der Waals surface area contributed by atoms with E-state index in [0.717, 1.165) is 30.0 Å². The molecule has 0 spiro atoms. The average molecular weight is 267 g/mol. The number of nitrogens with zero attached hydrogens (tertiary/aromatic N) is 1. The summed E-state index contributed by atoms with van der Waals surface area (Å²) in [6.45, 7) is 0. The van der Waals surface area contributed by atoms with Crippen molar-refractivity contribution in [1.29, 1.82) is 5.26 Å². The second-order valence-corrected chi connectivity index (χ2v) is 6.73. The highest BCUT2D eigenvalue weighted by Crippen LogP contribution is 2.40. The quantitative estimate of drug-likeness (QED) is 0.887. The highest BCUT2D eigenvalue weighted by Gasteiger charge is 2.32. The fourth-order valence-electron chi connectivity index (χ4n) is 3.08. The molecule has 1 fully saturated rings. The molecule has 0 amide bonds. The molecule has 0 saturated heterocycles. The maximum absolute atomic E-state index is 9.10. The van der Waals surface area contributed by atoms with Crippen LogP contribution in [0.25, 0.3) is 0 Å². The summed E-state index contributed by atoms with van der Waals surface area (Å²) in [5, 5.41) is 12.8. The van der Waals surface area contributed by atoms with E-state index in [1.165, 1.54) is 16.9 Å². The minimum atomic E-state index is 0.202. The van der Waals surface area contributed by atoms with Crippen LogP contribution in [0.1, 0.15) is 42.2 Å². The summed E-state index contributed by atoms with van der Waals surface area (Å²) in [6, 6.07) is 5.34. The van der Waals surface area contributed by atoms with Crippen molar-refractivity contribution in [1.82, 2.24) is 5.32 Å². The van der Waals surface area contributed by atoms with Gasteiger partial charge in [0.25, 0.3) is 0 Å². The molecular formula is C13H15ClN2S. The molecule has 1 aromatic rings. The standard InChI is InChI=1S/C13H15ClN2S/c14-13-6-9-11(4-5-12(9)17-13)16-10-3-1-2-8(10)7-15/h6,8,10-11,16H,1-5H2. The van der Waals surface area contributed by atoms with Crippen LogP contribution in [0.15, 0.2) is 6.07 Å². The molecule has 1 aromatic heterocycles. The molecule has 1 saturated carbocycles. The number of hydrogen-bond donors (Lipinski definition) is 1. The van der Waals surface area contributed by atoms with Crippen LogP contribution in [0.4, 0.5) is 0 Å². The van der Waals surface area contributed by atoms with Crippen LogP contribution in [0.3, 0.4) is 0 Å². The van der Waals surface area contributed by atoms with E-state index in [4.69, 9.17) is 16.9 Å². The lowest BCUT2D eigenvalue weighted by atomic mass is 10.0. The Morgan fingerprint density at radius 2 is 2.29 bits per heavy atom. The molecule has 17 heavy (non-hydrogen) atoms. The van der Waals surface area contributed by atoms with Crippen molar-refractivity contribution in [3.05, 3.63) is 20.8 Å². The molecule has 1 N–H and O–H groups in total. The number of thiophene rings is 1. The second kappa shape index (κ2) is 4.61. The minimum absolute atomic E-state index is 0.202. The van der Waals surface area contributed by atoms with Gasteiger partial charge in [0.15, 0.2) is 0 Å². The summed E-state index contributed by atoms with van der Waals surface area (Å²) in [5.74, 6) is 0.202. The van der Waals surface area contributed by atoms with Gasteiger partial charge in [0.05, 0.1) is 16.3 Å². The molecule has 3 unspecified atom stereocenters. The Labute approximate surface area is 111 Å². The van der Waals surface area contributed by atoms with Gasteiger partial charge in [-0.3, -0.25) is 0 Å². The van der Waals surface area contributed by atoms with Gasteiger partial charge in [-0.1, -0.05) is 18.0 Å². The Morgan fingerprint density at radius 1 is 1.41 bits per heavy atom. The van der Waals surface area contributed by atoms with Gasteiger partial charge in [0.2, 0.25) is 0 Å². The van der Waals surface area contributed by atoms with Crippen molar-refractivity contribution >= 4 is 22.9 Å². The highest BCUT2D eigenvalue weighted by atomic mass is 35.5. The third-order valence-electron chi connectivity index (χ3n) is 3.94. The van der Waals surface area contributed by atoms with Crippen LogP contribution in [0.5, 0.6) is 0 Å². The van der Waals surface area contributed by atoms with E-state index in [2.05, 4.69) is 17.5 Å². The normalized spacial score (nSPS) is 31.4. The Balaban J connectivity index is 1.73. The monoisotopic (exact) mass is 266 g/mol. The fourth-order valence-corrected chi connectivity index (χ4v) is 4.43. The van der Waals surface area contributed by atoms with Gasteiger partial charge in [0, 0.05) is 17.0 Å². The molecule has 0 aliphatic heterocycles. The second-order valence-electron chi connectivity index (χ2n) is 4.96. The number of aryl methyl sites for hydroxylation is 1. The predicted octanol–water partition coefficient (Wildman–Crippen LogP) is 3.67. The summed E-state index contributed by atoms with van der Waals surface area (Å²) in [7, 11) is 0. The largest absolute Gasteiger partial charge is 0.306 e. The van der Waals surface area contributed by atoms with Crippen molar-refractivity contribution in [2.75, 3.05) is 0 Å². The third kappa shape index (κ3) is 2.10. The zero-order chi connectivity index (χ0) is 11.8. The fraction of sp³-hybridized carbons (Fsp3) is 0.615. The molecule has 3 atom stereocenters. The van der Waals surface area contributed by atoms with Crippen LogP contribution < -0.4 is 5.32 Å². The lowest BCUT2D eigenvalue weighted by Gasteiger charge is -2.21. The molecule has 0 aromatic carbocycles. The number of hydrogen-bond acceptors (Lipinski definition) is 3. The maximum atomic E-state index is 9.10.